The molecule has 0 unspecified atom stereocenters. The monoisotopic (exact) mass is 311 g/mol. The number of halogens is 2. The summed E-state index contributed by atoms with van der Waals surface area (Å²) in [5.41, 5.74) is 1.70. The summed E-state index contributed by atoms with van der Waals surface area (Å²) in [6.07, 6.45) is 0. The zero-order valence-corrected chi connectivity index (χ0v) is 13.1. The molecular weight excluding hydrogens is 297 g/mol. The van der Waals surface area contributed by atoms with Gasteiger partial charge in [-0.25, -0.2) is 0 Å². The summed E-state index contributed by atoms with van der Waals surface area (Å²) in [7, 11) is 0. The molecule has 1 amide bonds. The number of amides is 1. The average molecular weight is 312 g/mol. The second-order valence-corrected chi connectivity index (χ2v) is 6.81. The molecule has 0 N–H and O–H groups in total. The molecule has 2 aliphatic heterocycles. The predicted octanol–water partition coefficient (Wildman–Crippen LogP) is 3.31. The fourth-order valence-corrected chi connectivity index (χ4v) is 3.07. The summed E-state index contributed by atoms with van der Waals surface area (Å²) in [4.78, 5) is 19.8. The lowest BCUT2D eigenvalue weighted by Crippen LogP contribution is -2.54. The zero-order chi connectivity index (χ0) is 14.7. The number of fused-ring (bicyclic) bond motifs is 2. The van der Waals surface area contributed by atoms with Crippen molar-refractivity contribution in [1.29, 1.82) is 0 Å². The van der Waals surface area contributed by atoms with Crippen molar-refractivity contribution >= 4 is 40.8 Å². The lowest BCUT2D eigenvalue weighted by Gasteiger charge is -2.44. The number of anilines is 1. The van der Waals surface area contributed by atoms with Gasteiger partial charge < -0.3 is 9.80 Å². The van der Waals surface area contributed by atoms with Crippen molar-refractivity contribution < 1.29 is 4.79 Å². The minimum absolute atomic E-state index is 0.121. The first-order chi connectivity index (χ1) is 9.29. The number of carbonyl (C=O) groups excluding carboxylic acids is 1. The normalized spacial score (nSPS) is 18.1. The molecule has 0 aromatic heterocycles. The molecule has 2 heterocycles. The van der Waals surface area contributed by atoms with Crippen LogP contribution in [0.15, 0.2) is 17.1 Å². The Balaban J connectivity index is 2.23. The molecule has 2 aliphatic rings. The predicted molar refractivity (Wildman–Crippen MR) is 81.5 cm³/mol. The van der Waals surface area contributed by atoms with Gasteiger partial charge in [0.1, 0.15) is 6.54 Å². The van der Waals surface area contributed by atoms with E-state index < -0.39 is 0 Å². The molecule has 0 spiro atoms. The summed E-state index contributed by atoms with van der Waals surface area (Å²) >= 11 is 12.5. The minimum atomic E-state index is -0.214. The Morgan fingerprint density at radius 2 is 1.90 bits per heavy atom. The Kier molecular flexibility index (Phi) is 2.99. The first-order valence-corrected chi connectivity index (χ1v) is 7.18. The maximum Gasteiger partial charge on any atom is 0.268 e. The lowest BCUT2D eigenvalue weighted by molar-refractivity contribution is -0.117. The van der Waals surface area contributed by atoms with E-state index in [9.17, 15) is 4.79 Å². The van der Waals surface area contributed by atoms with Crippen LogP contribution in [0.4, 0.5) is 5.69 Å². The van der Waals surface area contributed by atoms with Gasteiger partial charge in [0.15, 0.2) is 0 Å². The molecule has 4 nitrogen and oxygen atoms in total. The molecule has 0 radical (unpaired) electrons. The molecular formula is C14H15Cl2N3O. The Morgan fingerprint density at radius 3 is 2.55 bits per heavy atom. The highest BCUT2D eigenvalue weighted by molar-refractivity contribution is 6.43. The molecule has 1 aromatic rings. The van der Waals surface area contributed by atoms with E-state index in [0.29, 0.717) is 29.1 Å². The Morgan fingerprint density at radius 1 is 1.20 bits per heavy atom. The van der Waals surface area contributed by atoms with Crippen LogP contribution in [-0.2, 0) is 11.3 Å². The summed E-state index contributed by atoms with van der Waals surface area (Å²) < 4.78 is 0. The van der Waals surface area contributed by atoms with Gasteiger partial charge in [0.05, 0.1) is 15.7 Å². The number of aliphatic imine (C=N–C) groups is 1. The fraction of sp³-hybridized carbons (Fsp3) is 0.429. The number of hydrogen-bond donors (Lipinski definition) is 0. The molecule has 0 saturated carbocycles. The van der Waals surface area contributed by atoms with Crippen LogP contribution < -0.4 is 4.90 Å². The van der Waals surface area contributed by atoms with Crippen LogP contribution in [-0.4, -0.2) is 28.9 Å². The van der Waals surface area contributed by atoms with Gasteiger partial charge in [-0.15, -0.1) is 0 Å². The van der Waals surface area contributed by atoms with Crippen LogP contribution in [0, 0.1) is 0 Å². The fourth-order valence-electron chi connectivity index (χ4n) is 2.67. The van der Waals surface area contributed by atoms with Gasteiger partial charge in [-0.05, 0) is 32.9 Å². The Labute approximate surface area is 128 Å². The highest BCUT2D eigenvalue weighted by atomic mass is 35.5. The number of benzene rings is 1. The molecule has 0 bridgehead atoms. The second-order valence-electron chi connectivity index (χ2n) is 6.03. The van der Waals surface area contributed by atoms with E-state index in [2.05, 4.69) is 30.7 Å². The third-order valence-electron chi connectivity index (χ3n) is 3.47. The third kappa shape index (κ3) is 1.98. The van der Waals surface area contributed by atoms with Gasteiger partial charge >= 0.3 is 0 Å². The van der Waals surface area contributed by atoms with Gasteiger partial charge in [0.25, 0.3) is 5.91 Å². The van der Waals surface area contributed by atoms with E-state index in [-0.39, 0.29) is 11.4 Å². The van der Waals surface area contributed by atoms with Gasteiger partial charge in [-0.2, -0.15) is 4.99 Å². The molecule has 0 atom stereocenters. The van der Waals surface area contributed by atoms with Crippen LogP contribution in [0.1, 0.15) is 26.3 Å². The van der Waals surface area contributed by atoms with E-state index in [1.54, 1.807) is 6.07 Å². The molecule has 1 aromatic carbocycles. The average Bonchev–Trinajstić information content (AvgIpc) is 2.69. The van der Waals surface area contributed by atoms with E-state index in [0.717, 1.165) is 11.3 Å². The number of rotatable bonds is 0. The third-order valence-corrected chi connectivity index (χ3v) is 4.31. The summed E-state index contributed by atoms with van der Waals surface area (Å²) in [5.74, 6) is 0.581. The van der Waals surface area contributed by atoms with Crippen molar-refractivity contribution in [1.82, 2.24) is 4.90 Å². The molecule has 0 saturated heterocycles. The molecule has 0 aliphatic carbocycles. The SMILES string of the molecule is CC(C)(C)N1C2=NC(=O)CN2Cc2c1ccc(Cl)c2Cl. The Bertz CT molecular complexity index is 634. The lowest BCUT2D eigenvalue weighted by atomic mass is 10.0. The van der Waals surface area contributed by atoms with Crippen molar-refractivity contribution in [3.63, 3.8) is 0 Å². The largest absolute Gasteiger partial charge is 0.328 e. The van der Waals surface area contributed by atoms with Gasteiger partial charge in [-0.1, -0.05) is 23.2 Å². The first kappa shape index (κ1) is 13.7. The number of nitrogens with zero attached hydrogens (tertiary/aromatic N) is 3. The second kappa shape index (κ2) is 4.37. The smallest absolute Gasteiger partial charge is 0.268 e. The van der Waals surface area contributed by atoms with E-state index in [1.165, 1.54) is 0 Å². The number of carbonyl (C=O) groups is 1. The maximum absolute atomic E-state index is 11.7. The van der Waals surface area contributed by atoms with Crippen molar-refractivity contribution in [3.8, 4) is 0 Å². The molecule has 20 heavy (non-hydrogen) atoms. The van der Waals surface area contributed by atoms with E-state index in [1.807, 2.05) is 11.0 Å². The molecule has 0 fully saturated rings. The highest BCUT2D eigenvalue weighted by Gasteiger charge is 2.40. The van der Waals surface area contributed by atoms with Gasteiger partial charge in [0.2, 0.25) is 5.96 Å². The van der Waals surface area contributed by atoms with Crippen LogP contribution in [0.25, 0.3) is 0 Å². The van der Waals surface area contributed by atoms with E-state index in [4.69, 9.17) is 23.2 Å². The van der Waals surface area contributed by atoms with Gasteiger partial charge in [-0.3, -0.25) is 4.79 Å². The maximum atomic E-state index is 11.7. The van der Waals surface area contributed by atoms with Crippen molar-refractivity contribution in [2.24, 2.45) is 4.99 Å². The number of guanidine groups is 1. The Hall–Kier alpha value is -1.26. The van der Waals surface area contributed by atoms with Crippen molar-refractivity contribution in [3.05, 3.63) is 27.7 Å². The van der Waals surface area contributed by atoms with E-state index >= 15 is 0 Å². The highest BCUT2D eigenvalue weighted by Crippen LogP contribution is 2.41. The summed E-state index contributed by atoms with van der Waals surface area (Å²) in [6, 6.07) is 3.73. The molecule has 3 rings (SSSR count). The molecule has 6 heteroatoms. The topological polar surface area (TPSA) is 35.9 Å². The summed E-state index contributed by atoms with van der Waals surface area (Å²) in [6.45, 7) is 7.09. The number of hydrogen-bond acceptors (Lipinski definition) is 3. The van der Waals surface area contributed by atoms with Crippen LogP contribution in [0.3, 0.4) is 0 Å². The van der Waals surface area contributed by atoms with Crippen LogP contribution in [0.5, 0.6) is 0 Å². The molecule has 106 valence electrons. The quantitative estimate of drug-likeness (QED) is 0.737. The van der Waals surface area contributed by atoms with Crippen LogP contribution in [0.2, 0.25) is 10.0 Å². The van der Waals surface area contributed by atoms with Crippen LogP contribution >= 0.6 is 23.2 Å². The van der Waals surface area contributed by atoms with Crippen molar-refractivity contribution in [2.45, 2.75) is 32.9 Å². The zero-order valence-electron chi connectivity index (χ0n) is 11.6. The van der Waals surface area contributed by atoms with Gasteiger partial charge in [0, 0.05) is 17.6 Å². The first-order valence-electron chi connectivity index (χ1n) is 6.42. The minimum Gasteiger partial charge on any atom is -0.328 e. The van der Waals surface area contributed by atoms with Crippen molar-refractivity contribution in [2.75, 3.05) is 11.4 Å². The summed E-state index contributed by atoms with van der Waals surface area (Å²) in [5, 5.41) is 1.09. The standard InChI is InChI=1S/C14H15Cl2N3O/c1-14(2,3)19-10-5-4-9(15)12(16)8(10)6-18-7-11(20)17-13(18)19/h4-5H,6-7H2,1-3H3.